The number of para-hydroxylation sites is 2. The first-order valence-electron chi connectivity index (χ1n) is 7.90. The summed E-state index contributed by atoms with van der Waals surface area (Å²) in [6, 6.07) is 15.4. The van der Waals surface area contributed by atoms with Gasteiger partial charge in [-0.3, -0.25) is 4.79 Å². The highest BCUT2D eigenvalue weighted by molar-refractivity contribution is 5.94. The molecule has 0 spiro atoms. The summed E-state index contributed by atoms with van der Waals surface area (Å²) in [6.07, 6.45) is 1.04. The number of tetrazole rings is 1. The number of nitrogens with one attached hydrogen (secondary N) is 1. The minimum absolute atomic E-state index is 0.0668. The van der Waals surface area contributed by atoms with Crippen LogP contribution < -0.4 is 5.32 Å². The fraction of sp³-hybridized carbons (Fsp3) is 0.222. The van der Waals surface area contributed by atoms with Crippen molar-refractivity contribution in [2.75, 3.05) is 5.32 Å². The Kier molecular flexibility index (Phi) is 4.65. The molecule has 0 saturated heterocycles. The van der Waals surface area contributed by atoms with E-state index in [4.69, 9.17) is 0 Å². The third-order valence-corrected chi connectivity index (χ3v) is 3.87. The van der Waals surface area contributed by atoms with E-state index in [1.807, 2.05) is 62.4 Å². The quantitative estimate of drug-likeness (QED) is 0.784. The van der Waals surface area contributed by atoms with E-state index in [0.717, 1.165) is 22.6 Å². The summed E-state index contributed by atoms with van der Waals surface area (Å²) in [5.41, 5.74) is 3.58. The number of anilines is 1. The highest BCUT2D eigenvalue weighted by atomic mass is 16.1. The maximum atomic E-state index is 12.4. The summed E-state index contributed by atoms with van der Waals surface area (Å²) in [5.74, 6) is 0.679. The standard InChI is InChI=1S/C18H19N5O/c1-3-17-20-21-22-23(17)16-11-7-6-10-15(16)19-18(24)12-14-9-5-4-8-13(14)2/h4-11H,3,12H2,1-2H3,(H,19,24). The number of carbonyl (C=O) groups excluding carboxylic acids is 1. The fourth-order valence-corrected chi connectivity index (χ4v) is 2.55. The first-order valence-corrected chi connectivity index (χ1v) is 7.90. The van der Waals surface area contributed by atoms with Crippen LogP contribution in [-0.4, -0.2) is 26.1 Å². The number of carbonyl (C=O) groups is 1. The van der Waals surface area contributed by atoms with Crippen LogP contribution >= 0.6 is 0 Å². The molecule has 0 aliphatic rings. The number of aryl methyl sites for hydroxylation is 2. The number of hydrogen-bond donors (Lipinski definition) is 1. The van der Waals surface area contributed by atoms with Gasteiger partial charge in [0.1, 0.15) is 0 Å². The molecule has 0 bridgehead atoms. The first-order chi connectivity index (χ1) is 11.7. The minimum atomic E-state index is -0.0668. The van der Waals surface area contributed by atoms with Crippen molar-refractivity contribution in [2.45, 2.75) is 26.7 Å². The Hall–Kier alpha value is -3.02. The van der Waals surface area contributed by atoms with E-state index in [1.165, 1.54) is 0 Å². The van der Waals surface area contributed by atoms with Gasteiger partial charge in [0.25, 0.3) is 0 Å². The van der Waals surface area contributed by atoms with Gasteiger partial charge < -0.3 is 5.32 Å². The average Bonchev–Trinajstić information content (AvgIpc) is 3.06. The van der Waals surface area contributed by atoms with E-state index in [1.54, 1.807) is 4.68 Å². The molecule has 1 amide bonds. The highest BCUT2D eigenvalue weighted by Gasteiger charge is 2.13. The van der Waals surface area contributed by atoms with Crippen molar-refractivity contribution >= 4 is 11.6 Å². The lowest BCUT2D eigenvalue weighted by molar-refractivity contribution is -0.115. The second-order valence-corrected chi connectivity index (χ2v) is 5.53. The van der Waals surface area contributed by atoms with Crippen LogP contribution in [-0.2, 0) is 17.6 Å². The highest BCUT2D eigenvalue weighted by Crippen LogP contribution is 2.20. The molecule has 0 unspecified atom stereocenters. The molecule has 24 heavy (non-hydrogen) atoms. The molecule has 0 radical (unpaired) electrons. The van der Waals surface area contributed by atoms with Gasteiger partial charge in [-0.05, 0) is 40.6 Å². The molecule has 6 heteroatoms. The lowest BCUT2D eigenvalue weighted by Crippen LogP contribution is -2.17. The topological polar surface area (TPSA) is 72.7 Å². The molecule has 0 saturated carbocycles. The van der Waals surface area contributed by atoms with E-state index in [0.29, 0.717) is 18.5 Å². The molecule has 1 heterocycles. The Balaban J connectivity index is 1.83. The Labute approximate surface area is 140 Å². The maximum absolute atomic E-state index is 12.4. The van der Waals surface area contributed by atoms with Crippen molar-refractivity contribution in [1.82, 2.24) is 20.2 Å². The Morgan fingerprint density at radius 3 is 2.67 bits per heavy atom. The number of hydrogen-bond acceptors (Lipinski definition) is 4. The first kappa shape index (κ1) is 15.9. The molecule has 1 aromatic heterocycles. The molecule has 0 aliphatic heterocycles. The molecule has 0 fully saturated rings. The van der Waals surface area contributed by atoms with E-state index in [2.05, 4.69) is 20.8 Å². The second kappa shape index (κ2) is 7.04. The summed E-state index contributed by atoms with van der Waals surface area (Å²) in [4.78, 5) is 12.4. The number of benzene rings is 2. The maximum Gasteiger partial charge on any atom is 0.228 e. The molecule has 0 aliphatic carbocycles. The predicted molar refractivity (Wildman–Crippen MR) is 92.0 cm³/mol. The second-order valence-electron chi connectivity index (χ2n) is 5.53. The summed E-state index contributed by atoms with van der Waals surface area (Å²) in [6.45, 7) is 3.99. The van der Waals surface area contributed by atoms with Crippen LogP contribution in [0.4, 0.5) is 5.69 Å². The molecule has 3 aromatic rings. The Bertz CT molecular complexity index is 856. The lowest BCUT2D eigenvalue weighted by atomic mass is 10.1. The van der Waals surface area contributed by atoms with Crippen LogP contribution in [0.15, 0.2) is 48.5 Å². The summed E-state index contributed by atoms with van der Waals surface area (Å²) in [7, 11) is 0. The molecule has 1 N–H and O–H groups in total. The van der Waals surface area contributed by atoms with E-state index < -0.39 is 0 Å². The lowest BCUT2D eigenvalue weighted by Gasteiger charge is -2.12. The number of rotatable bonds is 5. The van der Waals surface area contributed by atoms with Gasteiger partial charge in [0.2, 0.25) is 5.91 Å². The molecule has 6 nitrogen and oxygen atoms in total. The third-order valence-electron chi connectivity index (χ3n) is 3.87. The normalized spacial score (nSPS) is 10.6. The Morgan fingerprint density at radius 1 is 1.12 bits per heavy atom. The molecular formula is C18H19N5O. The van der Waals surface area contributed by atoms with E-state index in [-0.39, 0.29) is 5.91 Å². The number of amides is 1. The summed E-state index contributed by atoms with van der Waals surface area (Å²) in [5, 5.41) is 14.7. The van der Waals surface area contributed by atoms with Crippen molar-refractivity contribution in [1.29, 1.82) is 0 Å². The third kappa shape index (κ3) is 3.32. The minimum Gasteiger partial charge on any atom is -0.324 e. The van der Waals surface area contributed by atoms with Crippen LogP contribution in [0.5, 0.6) is 0 Å². The number of nitrogens with zero attached hydrogens (tertiary/aromatic N) is 4. The van der Waals surface area contributed by atoms with Crippen LogP contribution in [0.25, 0.3) is 5.69 Å². The molecular weight excluding hydrogens is 302 g/mol. The summed E-state index contributed by atoms with van der Waals surface area (Å²) < 4.78 is 1.66. The van der Waals surface area contributed by atoms with Crippen LogP contribution in [0.2, 0.25) is 0 Å². The van der Waals surface area contributed by atoms with Crippen molar-refractivity contribution in [3.63, 3.8) is 0 Å². The van der Waals surface area contributed by atoms with Gasteiger partial charge in [0.15, 0.2) is 5.82 Å². The van der Waals surface area contributed by atoms with Crippen LogP contribution in [0, 0.1) is 6.92 Å². The molecule has 0 atom stereocenters. The smallest absolute Gasteiger partial charge is 0.228 e. The van der Waals surface area contributed by atoms with Gasteiger partial charge in [0.05, 0.1) is 17.8 Å². The molecule has 122 valence electrons. The van der Waals surface area contributed by atoms with Crippen molar-refractivity contribution < 1.29 is 4.79 Å². The molecule has 2 aromatic carbocycles. The van der Waals surface area contributed by atoms with Crippen molar-refractivity contribution in [2.24, 2.45) is 0 Å². The van der Waals surface area contributed by atoms with Gasteiger partial charge in [-0.15, -0.1) is 5.10 Å². The fourth-order valence-electron chi connectivity index (χ4n) is 2.55. The Morgan fingerprint density at radius 2 is 1.88 bits per heavy atom. The zero-order valence-corrected chi connectivity index (χ0v) is 13.7. The van der Waals surface area contributed by atoms with Gasteiger partial charge in [-0.2, -0.15) is 4.68 Å². The molecule has 3 rings (SSSR count). The predicted octanol–water partition coefficient (Wildman–Crippen LogP) is 2.71. The van der Waals surface area contributed by atoms with Gasteiger partial charge in [-0.25, -0.2) is 0 Å². The SMILES string of the molecule is CCc1nnnn1-c1ccccc1NC(=O)Cc1ccccc1C. The van der Waals surface area contributed by atoms with Crippen molar-refractivity contribution in [3.8, 4) is 5.69 Å². The van der Waals surface area contributed by atoms with Crippen LogP contribution in [0.3, 0.4) is 0 Å². The van der Waals surface area contributed by atoms with E-state index in [9.17, 15) is 4.79 Å². The zero-order chi connectivity index (χ0) is 16.9. The average molecular weight is 321 g/mol. The number of aromatic nitrogens is 4. The monoisotopic (exact) mass is 321 g/mol. The van der Waals surface area contributed by atoms with E-state index >= 15 is 0 Å². The van der Waals surface area contributed by atoms with Crippen LogP contribution in [0.1, 0.15) is 23.9 Å². The van der Waals surface area contributed by atoms with Gasteiger partial charge in [-0.1, -0.05) is 43.3 Å². The van der Waals surface area contributed by atoms with Gasteiger partial charge in [0, 0.05) is 6.42 Å². The van der Waals surface area contributed by atoms with Gasteiger partial charge >= 0.3 is 0 Å². The largest absolute Gasteiger partial charge is 0.324 e. The van der Waals surface area contributed by atoms with Crippen molar-refractivity contribution in [3.05, 3.63) is 65.5 Å². The summed E-state index contributed by atoms with van der Waals surface area (Å²) >= 11 is 0. The zero-order valence-electron chi connectivity index (χ0n) is 13.7.